The Labute approximate surface area is 140 Å². The second-order valence-corrected chi connectivity index (χ2v) is 5.46. The first-order chi connectivity index (χ1) is 11.8. The molecule has 126 valence electrons. The van der Waals surface area contributed by atoms with Crippen LogP contribution in [-0.2, 0) is 6.42 Å². The van der Waals surface area contributed by atoms with E-state index in [1.54, 1.807) is 0 Å². The van der Waals surface area contributed by atoms with Crippen LogP contribution in [0.25, 0.3) is 11.5 Å². The molecule has 1 aromatic rings. The third-order valence-electron chi connectivity index (χ3n) is 3.52. The van der Waals surface area contributed by atoms with Crippen LogP contribution in [0.5, 0.6) is 6.01 Å². The van der Waals surface area contributed by atoms with Crippen molar-refractivity contribution in [3.63, 3.8) is 0 Å². The molecule has 0 amide bonds. The first-order valence-corrected chi connectivity index (χ1v) is 8.10. The Morgan fingerprint density at radius 2 is 2.21 bits per heavy atom. The van der Waals surface area contributed by atoms with E-state index in [4.69, 9.17) is 9.84 Å². The summed E-state index contributed by atoms with van der Waals surface area (Å²) in [5, 5.41) is 12.3. The van der Waals surface area contributed by atoms with Crippen molar-refractivity contribution >= 4 is 11.5 Å². The van der Waals surface area contributed by atoms with Crippen LogP contribution in [0.1, 0.15) is 25.3 Å². The van der Waals surface area contributed by atoms with Gasteiger partial charge in [-0.05, 0) is 37.0 Å². The zero-order chi connectivity index (χ0) is 16.8. The molecule has 1 aromatic carbocycles. The summed E-state index contributed by atoms with van der Waals surface area (Å²) in [6, 6.07) is 8.48. The number of aromatic nitrogens is 4. The minimum atomic E-state index is 0.192. The third-order valence-corrected chi connectivity index (χ3v) is 3.52. The van der Waals surface area contributed by atoms with Crippen LogP contribution in [0.4, 0.5) is 11.5 Å². The molecule has 2 heterocycles. The molecule has 24 heavy (non-hydrogen) atoms. The van der Waals surface area contributed by atoms with Gasteiger partial charge in [0.2, 0.25) is 0 Å². The van der Waals surface area contributed by atoms with Gasteiger partial charge in [0.25, 0.3) is 6.01 Å². The summed E-state index contributed by atoms with van der Waals surface area (Å²) < 4.78 is 5.59. The number of imidazole rings is 1. The zero-order valence-electron chi connectivity index (χ0n) is 13.6. The van der Waals surface area contributed by atoms with E-state index in [0.717, 1.165) is 30.5 Å². The molecule has 0 saturated carbocycles. The lowest BCUT2D eigenvalue weighted by Crippen LogP contribution is -2.05. The van der Waals surface area contributed by atoms with Crippen molar-refractivity contribution in [3.05, 3.63) is 36.2 Å². The van der Waals surface area contributed by atoms with Gasteiger partial charge in [-0.25, -0.2) is 9.97 Å². The maximum atomic E-state index is 8.97. The number of fused-ring (bicyclic) bond motifs is 1. The molecule has 0 spiro atoms. The summed E-state index contributed by atoms with van der Waals surface area (Å²) in [7, 11) is 0. The maximum absolute atomic E-state index is 8.97. The molecule has 0 aromatic heterocycles. The Kier molecular flexibility index (Phi) is 5.22. The molecule has 0 atom stereocenters. The normalized spacial score (nSPS) is 10.9. The van der Waals surface area contributed by atoms with Crippen LogP contribution < -0.4 is 10.1 Å². The number of benzene rings is 1. The predicted octanol–water partition coefficient (Wildman–Crippen LogP) is 2.76. The number of aliphatic hydroxyl groups excluding tert-OH is 1. The van der Waals surface area contributed by atoms with Gasteiger partial charge in [0.15, 0.2) is 11.5 Å². The molecular formula is C17H21N5O2. The van der Waals surface area contributed by atoms with Crippen LogP contribution in [-0.4, -0.2) is 38.3 Å². The fraction of sp³-hybridized carbons (Fsp3) is 0.353. The lowest BCUT2D eigenvalue weighted by Gasteiger charge is -2.13. The SMILES string of the molecule is CCCOc1nc2ncnc-2c(Nc2cccc(CCCO)c2)[nH]1. The van der Waals surface area contributed by atoms with Gasteiger partial charge in [0, 0.05) is 12.3 Å². The van der Waals surface area contributed by atoms with Crippen LogP contribution >= 0.6 is 0 Å². The van der Waals surface area contributed by atoms with Gasteiger partial charge in [-0.3, -0.25) is 4.98 Å². The van der Waals surface area contributed by atoms with Crippen molar-refractivity contribution in [2.75, 3.05) is 18.5 Å². The van der Waals surface area contributed by atoms with E-state index in [9.17, 15) is 0 Å². The van der Waals surface area contributed by atoms with Crippen molar-refractivity contribution in [1.82, 2.24) is 19.9 Å². The minimum Gasteiger partial charge on any atom is -0.465 e. The predicted molar refractivity (Wildman–Crippen MR) is 91.7 cm³/mol. The number of anilines is 2. The summed E-state index contributed by atoms with van der Waals surface area (Å²) in [5.41, 5.74) is 2.76. The van der Waals surface area contributed by atoms with Crippen LogP contribution in [0.2, 0.25) is 0 Å². The van der Waals surface area contributed by atoms with Crippen molar-refractivity contribution in [1.29, 1.82) is 0 Å². The topological polar surface area (TPSA) is 96.0 Å². The zero-order valence-corrected chi connectivity index (χ0v) is 13.6. The highest BCUT2D eigenvalue weighted by molar-refractivity contribution is 5.72. The van der Waals surface area contributed by atoms with Crippen molar-refractivity contribution in [3.8, 4) is 17.5 Å². The number of nitrogens with one attached hydrogen (secondary N) is 2. The van der Waals surface area contributed by atoms with Gasteiger partial charge in [0.1, 0.15) is 12.1 Å². The van der Waals surface area contributed by atoms with Gasteiger partial charge in [-0.2, -0.15) is 4.98 Å². The fourth-order valence-corrected chi connectivity index (χ4v) is 2.40. The summed E-state index contributed by atoms with van der Waals surface area (Å²) in [6.45, 7) is 2.81. The standard InChI is InChI=1S/C17H21N5O2/c1-2-9-24-17-21-15-14(18-11-19-15)16(22-17)20-13-7-3-5-12(10-13)6-4-8-23/h3,5,7,10-11,23H,2,4,6,8-9H2,1H3,(H2,18,19,20,21,22). The van der Waals surface area contributed by atoms with E-state index in [0.29, 0.717) is 30.0 Å². The molecule has 3 N–H and O–H groups in total. The van der Waals surface area contributed by atoms with Crippen molar-refractivity contribution in [2.45, 2.75) is 26.2 Å². The number of aryl methyl sites for hydroxylation is 1. The number of aromatic amines is 1. The maximum Gasteiger partial charge on any atom is 0.297 e. The number of aliphatic hydroxyl groups is 1. The van der Waals surface area contributed by atoms with E-state index >= 15 is 0 Å². The minimum absolute atomic E-state index is 0.192. The quantitative estimate of drug-likeness (QED) is 0.589. The average molecular weight is 327 g/mol. The third kappa shape index (κ3) is 3.80. The first kappa shape index (κ1) is 16.2. The van der Waals surface area contributed by atoms with Gasteiger partial charge < -0.3 is 15.2 Å². The highest BCUT2D eigenvalue weighted by Crippen LogP contribution is 2.28. The average Bonchev–Trinajstić information content (AvgIpc) is 3.07. The van der Waals surface area contributed by atoms with Gasteiger partial charge in [0.05, 0.1) is 6.61 Å². The van der Waals surface area contributed by atoms with Crippen LogP contribution in [0.3, 0.4) is 0 Å². The number of H-pyrrole nitrogens is 1. The van der Waals surface area contributed by atoms with E-state index in [-0.39, 0.29) is 6.61 Å². The van der Waals surface area contributed by atoms with Crippen LogP contribution in [0, 0.1) is 0 Å². The Morgan fingerprint density at radius 1 is 1.29 bits per heavy atom. The summed E-state index contributed by atoms with van der Waals surface area (Å²) in [6.07, 6.45) is 3.97. The number of ether oxygens (including phenoxy) is 1. The molecule has 0 saturated heterocycles. The number of rotatable bonds is 8. The van der Waals surface area contributed by atoms with E-state index in [2.05, 4.69) is 31.3 Å². The second kappa shape index (κ2) is 7.74. The largest absolute Gasteiger partial charge is 0.465 e. The molecule has 0 bridgehead atoms. The highest BCUT2D eigenvalue weighted by atomic mass is 16.5. The Bertz CT molecular complexity index is 758. The van der Waals surface area contributed by atoms with Crippen LogP contribution in [0.15, 0.2) is 30.6 Å². The molecule has 3 rings (SSSR count). The second-order valence-electron chi connectivity index (χ2n) is 5.46. The molecule has 7 nitrogen and oxygen atoms in total. The Morgan fingerprint density at radius 3 is 3.04 bits per heavy atom. The van der Waals surface area contributed by atoms with Gasteiger partial charge in [-0.1, -0.05) is 19.1 Å². The monoisotopic (exact) mass is 327 g/mol. The lowest BCUT2D eigenvalue weighted by atomic mass is 10.1. The van der Waals surface area contributed by atoms with E-state index in [1.165, 1.54) is 6.33 Å². The molecular weight excluding hydrogens is 306 g/mol. The smallest absolute Gasteiger partial charge is 0.297 e. The molecule has 0 fully saturated rings. The number of nitrogens with zero attached hydrogens (tertiary/aromatic N) is 3. The lowest BCUT2D eigenvalue weighted by molar-refractivity contribution is 0.288. The molecule has 0 radical (unpaired) electrons. The molecule has 7 heteroatoms. The van der Waals surface area contributed by atoms with Gasteiger partial charge >= 0.3 is 0 Å². The Hall–Kier alpha value is -2.67. The number of hydrogen-bond donors (Lipinski definition) is 3. The number of hydrogen-bond acceptors (Lipinski definition) is 6. The van der Waals surface area contributed by atoms with E-state index < -0.39 is 0 Å². The van der Waals surface area contributed by atoms with E-state index in [1.807, 2.05) is 25.1 Å². The summed E-state index contributed by atoms with van der Waals surface area (Å²) >= 11 is 0. The van der Waals surface area contributed by atoms with Crippen molar-refractivity contribution in [2.24, 2.45) is 0 Å². The summed E-state index contributed by atoms with van der Waals surface area (Å²) in [4.78, 5) is 15.9. The fourth-order valence-electron chi connectivity index (χ4n) is 2.40. The molecule has 2 aliphatic heterocycles. The van der Waals surface area contributed by atoms with Crippen molar-refractivity contribution < 1.29 is 9.84 Å². The molecule has 0 unspecified atom stereocenters. The molecule has 2 aliphatic rings. The highest BCUT2D eigenvalue weighted by Gasteiger charge is 2.16. The summed E-state index contributed by atoms with van der Waals surface area (Å²) in [5.74, 6) is 1.24. The van der Waals surface area contributed by atoms with Gasteiger partial charge in [-0.15, -0.1) is 0 Å². The molecule has 0 aliphatic carbocycles. The Balaban J connectivity index is 1.85. The first-order valence-electron chi connectivity index (χ1n) is 8.10.